The molecule has 1 heterocycles. The zero-order valence-electron chi connectivity index (χ0n) is 6.36. The van der Waals surface area contributed by atoms with E-state index in [1.54, 1.807) is 11.3 Å². The molecule has 1 aliphatic carbocycles. The summed E-state index contributed by atoms with van der Waals surface area (Å²) in [6, 6.07) is 4.19. The number of rotatable bonds is 1. The topological polar surface area (TPSA) is 20.2 Å². The summed E-state index contributed by atoms with van der Waals surface area (Å²) < 4.78 is 0. The van der Waals surface area contributed by atoms with Crippen LogP contribution in [0.4, 0.5) is 0 Å². The van der Waals surface area contributed by atoms with Crippen LogP contribution in [-0.4, -0.2) is 11.2 Å². The molecule has 11 heavy (non-hydrogen) atoms. The monoisotopic (exact) mass is 168 g/mol. The van der Waals surface area contributed by atoms with E-state index in [9.17, 15) is 5.11 Å². The van der Waals surface area contributed by atoms with Crippen LogP contribution in [0.3, 0.4) is 0 Å². The maximum atomic E-state index is 9.57. The molecule has 1 fully saturated rings. The highest BCUT2D eigenvalue weighted by Crippen LogP contribution is 2.36. The second-order valence-electron chi connectivity index (χ2n) is 3.12. The Hall–Kier alpha value is -0.340. The highest BCUT2D eigenvalue weighted by Gasteiger charge is 2.26. The number of hydrogen-bond acceptors (Lipinski definition) is 2. The molecule has 0 radical (unpaired) electrons. The summed E-state index contributed by atoms with van der Waals surface area (Å²) in [5.41, 5.74) is 0. The van der Waals surface area contributed by atoms with Crippen molar-refractivity contribution < 1.29 is 5.11 Å². The van der Waals surface area contributed by atoms with Gasteiger partial charge in [-0.05, 0) is 24.3 Å². The average Bonchev–Trinajstić information content (AvgIpc) is 2.55. The van der Waals surface area contributed by atoms with E-state index in [2.05, 4.69) is 17.5 Å². The number of aliphatic hydroxyl groups is 1. The van der Waals surface area contributed by atoms with Crippen molar-refractivity contribution in [2.24, 2.45) is 0 Å². The molecule has 0 saturated heterocycles. The van der Waals surface area contributed by atoms with E-state index in [1.807, 2.05) is 0 Å². The number of aliphatic hydroxyl groups excluding tert-OH is 1. The maximum absolute atomic E-state index is 9.57. The van der Waals surface area contributed by atoms with Crippen molar-refractivity contribution >= 4 is 11.3 Å². The van der Waals surface area contributed by atoms with Gasteiger partial charge in [0.15, 0.2) is 0 Å². The van der Waals surface area contributed by atoms with Gasteiger partial charge in [0.25, 0.3) is 0 Å². The minimum atomic E-state index is -0.0753. The predicted molar refractivity (Wildman–Crippen MR) is 46.9 cm³/mol. The molecular weight excluding hydrogens is 156 g/mol. The van der Waals surface area contributed by atoms with E-state index >= 15 is 0 Å². The van der Waals surface area contributed by atoms with Crippen LogP contribution in [-0.2, 0) is 0 Å². The third-order valence-electron chi connectivity index (χ3n) is 2.39. The molecule has 1 saturated carbocycles. The molecule has 2 heteroatoms. The van der Waals surface area contributed by atoms with Gasteiger partial charge in [-0.25, -0.2) is 0 Å². The van der Waals surface area contributed by atoms with Crippen LogP contribution in [0.25, 0.3) is 0 Å². The van der Waals surface area contributed by atoms with Crippen molar-refractivity contribution in [3.8, 4) is 0 Å². The van der Waals surface area contributed by atoms with Crippen molar-refractivity contribution in [2.75, 3.05) is 0 Å². The van der Waals surface area contributed by atoms with Gasteiger partial charge in [0.1, 0.15) is 0 Å². The molecule has 1 N–H and O–H groups in total. The molecule has 1 nitrogen and oxygen atoms in total. The largest absolute Gasteiger partial charge is 0.392 e. The van der Waals surface area contributed by atoms with Crippen LogP contribution >= 0.6 is 11.3 Å². The van der Waals surface area contributed by atoms with Gasteiger partial charge in [-0.1, -0.05) is 12.5 Å². The van der Waals surface area contributed by atoms with Gasteiger partial charge in [0, 0.05) is 10.8 Å². The Morgan fingerprint density at radius 1 is 1.45 bits per heavy atom. The predicted octanol–water partition coefficient (Wildman–Crippen LogP) is 2.38. The zero-order chi connectivity index (χ0) is 7.68. The molecule has 0 aromatic carbocycles. The van der Waals surface area contributed by atoms with E-state index in [0.717, 1.165) is 6.42 Å². The Kier molecular flexibility index (Phi) is 1.96. The molecule has 0 unspecified atom stereocenters. The van der Waals surface area contributed by atoms with Crippen LogP contribution in [0.15, 0.2) is 17.5 Å². The van der Waals surface area contributed by atoms with Gasteiger partial charge >= 0.3 is 0 Å². The van der Waals surface area contributed by atoms with E-state index in [4.69, 9.17) is 0 Å². The van der Waals surface area contributed by atoms with Gasteiger partial charge in [0.2, 0.25) is 0 Å². The van der Waals surface area contributed by atoms with E-state index in [1.165, 1.54) is 17.7 Å². The molecule has 0 aliphatic heterocycles. The molecule has 1 aliphatic rings. The van der Waals surface area contributed by atoms with Gasteiger partial charge in [-0.15, -0.1) is 11.3 Å². The zero-order valence-corrected chi connectivity index (χ0v) is 7.18. The van der Waals surface area contributed by atoms with E-state index < -0.39 is 0 Å². The summed E-state index contributed by atoms with van der Waals surface area (Å²) in [6.07, 6.45) is 3.27. The second kappa shape index (κ2) is 2.95. The molecule has 2 atom stereocenters. The van der Waals surface area contributed by atoms with Crippen LogP contribution in [0.5, 0.6) is 0 Å². The third kappa shape index (κ3) is 1.33. The Morgan fingerprint density at radius 3 is 2.91 bits per heavy atom. The van der Waals surface area contributed by atoms with Crippen molar-refractivity contribution in [1.29, 1.82) is 0 Å². The summed E-state index contributed by atoms with van der Waals surface area (Å²) in [5.74, 6) is 0.440. The highest BCUT2D eigenvalue weighted by molar-refractivity contribution is 7.10. The Bertz CT molecular complexity index is 217. The van der Waals surface area contributed by atoms with Crippen molar-refractivity contribution in [3.05, 3.63) is 22.4 Å². The quantitative estimate of drug-likeness (QED) is 0.682. The lowest BCUT2D eigenvalue weighted by atomic mass is 10.0. The first-order valence-electron chi connectivity index (χ1n) is 4.09. The fraction of sp³-hybridized carbons (Fsp3) is 0.556. The molecule has 1 aromatic heterocycles. The first-order chi connectivity index (χ1) is 5.38. The Balaban J connectivity index is 2.16. The summed E-state index contributed by atoms with van der Waals surface area (Å²) in [4.78, 5) is 1.36. The van der Waals surface area contributed by atoms with Gasteiger partial charge in [0.05, 0.1) is 6.10 Å². The highest BCUT2D eigenvalue weighted by atomic mass is 32.1. The Labute approximate surface area is 70.7 Å². The summed E-state index contributed by atoms with van der Waals surface area (Å²) in [5, 5.41) is 11.7. The van der Waals surface area contributed by atoms with Crippen molar-refractivity contribution in [3.63, 3.8) is 0 Å². The van der Waals surface area contributed by atoms with Crippen LogP contribution in [0.1, 0.15) is 30.1 Å². The first kappa shape index (κ1) is 7.32. The van der Waals surface area contributed by atoms with Crippen molar-refractivity contribution in [1.82, 2.24) is 0 Å². The van der Waals surface area contributed by atoms with Gasteiger partial charge < -0.3 is 5.11 Å². The summed E-state index contributed by atoms with van der Waals surface area (Å²) >= 11 is 1.76. The molecule has 2 rings (SSSR count). The lowest BCUT2D eigenvalue weighted by Crippen LogP contribution is -2.09. The standard InChI is InChI=1S/C9H12OS/c10-8-4-1-3-7(8)9-5-2-6-11-9/h2,5-8,10H,1,3-4H2/t7-,8+/m1/s1. The van der Waals surface area contributed by atoms with E-state index in [-0.39, 0.29) is 6.10 Å². The van der Waals surface area contributed by atoms with Gasteiger partial charge in [-0.2, -0.15) is 0 Å². The SMILES string of the molecule is O[C@H]1CCC[C@H]1c1cccs1. The maximum Gasteiger partial charge on any atom is 0.0616 e. The average molecular weight is 168 g/mol. The van der Waals surface area contributed by atoms with Crippen LogP contribution in [0, 0.1) is 0 Å². The van der Waals surface area contributed by atoms with Crippen LogP contribution in [0.2, 0.25) is 0 Å². The molecule has 0 amide bonds. The minimum absolute atomic E-state index is 0.0753. The summed E-state index contributed by atoms with van der Waals surface area (Å²) in [7, 11) is 0. The van der Waals surface area contributed by atoms with Crippen molar-refractivity contribution in [2.45, 2.75) is 31.3 Å². The first-order valence-corrected chi connectivity index (χ1v) is 4.97. The molecule has 60 valence electrons. The second-order valence-corrected chi connectivity index (χ2v) is 4.10. The fourth-order valence-electron chi connectivity index (χ4n) is 1.77. The lowest BCUT2D eigenvalue weighted by molar-refractivity contribution is 0.165. The lowest BCUT2D eigenvalue weighted by Gasteiger charge is -2.11. The third-order valence-corrected chi connectivity index (χ3v) is 3.39. The fourth-order valence-corrected chi connectivity index (χ4v) is 2.70. The van der Waals surface area contributed by atoms with Gasteiger partial charge in [-0.3, -0.25) is 0 Å². The van der Waals surface area contributed by atoms with Crippen LogP contribution < -0.4 is 0 Å². The minimum Gasteiger partial charge on any atom is -0.392 e. The smallest absolute Gasteiger partial charge is 0.0616 e. The molecular formula is C9H12OS. The van der Waals surface area contributed by atoms with E-state index in [0.29, 0.717) is 5.92 Å². The Morgan fingerprint density at radius 2 is 2.36 bits per heavy atom. The number of hydrogen-bond donors (Lipinski definition) is 1. The molecule has 1 aromatic rings. The number of thiophene rings is 1. The normalized spacial score (nSPS) is 31.0. The summed E-state index contributed by atoms with van der Waals surface area (Å²) in [6.45, 7) is 0. The molecule has 0 bridgehead atoms. The molecule has 0 spiro atoms.